The molecule has 0 aromatic heterocycles. The van der Waals surface area contributed by atoms with E-state index in [1.807, 2.05) is 36.1 Å². The van der Waals surface area contributed by atoms with Crippen LogP contribution in [0.1, 0.15) is 34.3 Å². The van der Waals surface area contributed by atoms with E-state index in [-0.39, 0.29) is 17.6 Å². The van der Waals surface area contributed by atoms with E-state index in [1.54, 1.807) is 12.1 Å². The number of amides is 2. The van der Waals surface area contributed by atoms with E-state index in [1.165, 1.54) is 12.1 Å². The zero-order valence-electron chi connectivity index (χ0n) is 15.0. The van der Waals surface area contributed by atoms with E-state index in [0.717, 1.165) is 5.56 Å². The highest BCUT2D eigenvalue weighted by molar-refractivity contribution is 6.46. The van der Waals surface area contributed by atoms with E-state index < -0.39 is 5.66 Å². The van der Waals surface area contributed by atoms with Crippen LogP contribution < -0.4 is 5.32 Å². The van der Waals surface area contributed by atoms with Crippen molar-refractivity contribution >= 4 is 17.5 Å². The first kappa shape index (κ1) is 17.4. The average Bonchev–Trinajstić information content (AvgIpc) is 2.99. The van der Waals surface area contributed by atoms with Crippen molar-refractivity contribution in [1.29, 1.82) is 0 Å². The molecule has 27 heavy (non-hydrogen) atoms. The summed E-state index contributed by atoms with van der Waals surface area (Å²) < 4.78 is 13.1. The van der Waals surface area contributed by atoms with Crippen molar-refractivity contribution < 1.29 is 14.0 Å². The molecular formula is C21H20FN3O2. The van der Waals surface area contributed by atoms with Gasteiger partial charge in [0.15, 0.2) is 0 Å². The first-order chi connectivity index (χ1) is 13.0. The lowest BCUT2D eigenvalue weighted by atomic mass is 9.97. The fourth-order valence-electron chi connectivity index (χ4n) is 3.67. The van der Waals surface area contributed by atoms with Crippen LogP contribution in [0.4, 0.5) is 4.39 Å². The first-order valence-corrected chi connectivity index (χ1v) is 9.01. The molecule has 0 saturated carbocycles. The Labute approximate surface area is 156 Å². The Morgan fingerprint density at radius 2 is 1.78 bits per heavy atom. The van der Waals surface area contributed by atoms with E-state index in [4.69, 9.17) is 0 Å². The van der Waals surface area contributed by atoms with Crippen LogP contribution in [-0.4, -0.2) is 41.2 Å². The molecule has 4 rings (SSSR count). The number of aliphatic imine (C=N–C) groups is 1. The first-order valence-electron chi connectivity index (χ1n) is 9.01. The number of aryl methyl sites for hydroxylation is 1. The molecule has 0 aliphatic carbocycles. The Hall–Kier alpha value is -3.02. The van der Waals surface area contributed by atoms with Gasteiger partial charge in [0, 0.05) is 37.1 Å². The zero-order chi connectivity index (χ0) is 19.0. The van der Waals surface area contributed by atoms with E-state index in [0.29, 0.717) is 42.8 Å². The minimum Gasteiger partial charge on any atom is -0.338 e. The van der Waals surface area contributed by atoms with Gasteiger partial charge in [-0.3, -0.25) is 14.6 Å². The SMILES string of the molecule is Cc1ccccc1C(=O)N1CCC2(CC1)N=C(c1ccc(F)cc1)C(=O)N2. The van der Waals surface area contributed by atoms with Gasteiger partial charge in [0.1, 0.15) is 17.2 Å². The van der Waals surface area contributed by atoms with Gasteiger partial charge in [-0.15, -0.1) is 0 Å². The molecule has 2 aromatic rings. The Balaban J connectivity index is 1.50. The zero-order valence-corrected chi connectivity index (χ0v) is 15.0. The van der Waals surface area contributed by atoms with Gasteiger partial charge in [0.25, 0.3) is 11.8 Å². The second kappa shape index (κ2) is 6.61. The van der Waals surface area contributed by atoms with Crippen LogP contribution in [0.3, 0.4) is 0 Å². The summed E-state index contributed by atoms with van der Waals surface area (Å²) in [5.41, 5.74) is 1.91. The topological polar surface area (TPSA) is 61.8 Å². The molecule has 1 saturated heterocycles. The van der Waals surface area contributed by atoms with Crippen LogP contribution in [0.5, 0.6) is 0 Å². The predicted octanol–water partition coefficient (Wildman–Crippen LogP) is 2.69. The van der Waals surface area contributed by atoms with Crippen molar-refractivity contribution in [2.75, 3.05) is 13.1 Å². The number of carbonyl (C=O) groups is 2. The number of carbonyl (C=O) groups excluding carboxylic acids is 2. The molecule has 5 nitrogen and oxygen atoms in total. The Kier molecular flexibility index (Phi) is 4.26. The molecule has 2 aliphatic heterocycles. The fraction of sp³-hybridized carbons (Fsp3) is 0.286. The maximum Gasteiger partial charge on any atom is 0.272 e. The summed E-state index contributed by atoms with van der Waals surface area (Å²) in [7, 11) is 0. The lowest BCUT2D eigenvalue weighted by molar-refractivity contribution is -0.115. The largest absolute Gasteiger partial charge is 0.338 e. The van der Waals surface area contributed by atoms with Gasteiger partial charge in [-0.05, 0) is 42.8 Å². The summed E-state index contributed by atoms with van der Waals surface area (Å²) in [5.74, 6) is -0.592. The predicted molar refractivity (Wildman–Crippen MR) is 100 cm³/mol. The van der Waals surface area contributed by atoms with Crippen molar-refractivity contribution in [2.24, 2.45) is 4.99 Å². The van der Waals surface area contributed by atoms with Gasteiger partial charge in [0.05, 0.1) is 0 Å². The normalized spacial score (nSPS) is 18.4. The van der Waals surface area contributed by atoms with Gasteiger partial charge in [0.2, 0.25) is 0 Å². The van der Waals surface area contributed by atoms with Crippen molar-refractivity contribution in [1.82, 2.24) is 10.2 Å². The van der Waals surface area contributed by atoms with Gasteiger partial charge in [-0.2, -0.15) is 0 Å². The quantitative estimate of drug-likeness (QED) is 0.889. The molecule has 0 radical (unpaired) electrons. The van der Waals surface area contributed by atoms with Crippen LogP contribution in [-0.2, 0) is 4.79 Å². The third-order valence-electron chi connectivity index (χ3n) is 5.26. The van der Waals surface area contributed by atoms with Crippen LogP contribution in [0.15, 0.2) is 53.5 Å². The summed E-state index contributed by atoms with van der Waals surface area (Å²) in [5, 5.41) is 2.97. The molecule has 2 amide bonds. The molecule has 1 fully saturated rings. The van der Waals surface area contributed by atoms with Gasteiger partial charge in [-0.1, -0.05) is 18.2 Å². The molecule has 6 heteroatoms. The number of likely N-dealkylation sites (tertiary alicyclic amines) is 1. The number of nitrogens with one attached hydrogen (secondary N) is 1. The van der Waals surface area contributed by atoms with Gasteiger partial charge in [-0.25, -0.2) is 4.39 Å². The molecule has 0 bridgehead atoms. The molecule has 1 N–H and O–H groups in total. The van der Waals surface area contributed by atoms with Crippen molar-refractivity contribution in [3.05, 3.63) is 71.0 Å². The molecule has 1 spiro atoms. The average molecular weight is 365 g/mol. The third kappa shape index (κ3) is 3.23. The lowest BCUT2D eigenvalue weighted by Crippen LogP contribution is -2.52. The van der Waals surface area contributed by atoms with Crippen LogP contribution in [0.25, 0.3) is 0 Å². The Morgan fingerprint density at radius 3 is 2.44 bits per heavy atom. The van der Waals surface area contributed by atoms with Crippen molar-refractivity contribution in [3.8, 4) is 0 Å². The van der Waals surface area contributed by atoms with Crippen LogP contribution in [0.2, 0.25) is 0 Å². The van der Waals surface area contributed by atoms with E-state index >= 15 is 0 Å². The lowest BCUT2D eigenvalue weighted by Gasteiger charge is -2.37. The second-order valence-corrected chi connectivity index (χ2v) is 7.06. The molecule has 0 atom stereocenters. The number of hydrogen-bond acceptors (Lipinski definition) is 3. The number of rotatable bonds is 2. The highest BCUT2D eigenvalue weighted by Crippen LogP contribution is 2.29. The van der Waals surface area contributed by atoms with Crippen LogP contribution >= 0.6 is 0 Å². The number of piperidine rings is 1. The van der Waals surface area contributed by atoms with Crippen molar-refractivity contribution in [3.63, 3.8) is 0 Å². The Bertz CT molecular complexity index is 929. The highest BCUT2D eigenvalue weighted by Gasteiger charge is 2.43. The molecular weight excluding hydrogens is 345 g/mol. The third-order valence-corrected chi connectivity index (χ3v) is 5.26. The second-order valence-electron chi connectivity index (χ2n) is 7.06. The maximum atomic E-state index is 13.1. The van der Waals surface area contributed by atoms with Crippen LogP contribution in [0, 0.1) is 12.7 Å². The minimum absolute atomic E-state index is 0.00927. The molecule has 2 aromatic carbocycles. The number of benzene rings is 2. The Morgan fingerprint density at radius 1 is 1.11 bits per heavy atom. The minimum atomic E-state index is -0.677. The van der Waals surface area contributed by atoms with Gasteiger partial charge < -0.3 is 10.2 Å². The summed E-state index contributed by atoms with van der Waals surface area (Å²) in [6, 6.07) is 13.3. The van der Waals surface area contributed by atoms with Gasteiger partial charge >= 0.3 is 0 Å². The van der Waals surface area contributed by atoms with Crippen molar-refractivity contribution in [2.45, 2.75) is 25.4 Å². The van der Waals surface area contributed by atoms with E-state index in [2.05, 4.69) is 10.3 Å². The molecule has 2 aliphatic rings. The molecule has 2 heterocycles. The summed E-state index contributed by atoms with van der Waals surface area (Å²) in [6.07, 6.45) is 1.11. The smallest absolute Gasteiger partial charge is 0.272 e. The summed E-state index contributed by atoms with van der Waals surface area (Å²) in [4.78, 5) is 31.6. The fourth-order valence-corrected chi connectivity index (χ4v) is 3.67. The monoisotopic (exact) mass is 365 g/mol. The highest BCUT2D eigenvalue weighted by atomic mass is 19.1. The molecule has 138 valence electrons. The standard InChI is InChI=1S/C21H20FN3O2/c1-14-4-2-3-5-17(14)20(27)25-12-10-21(11-13-25)23-18(19(26)24-21)15-6-8-16(22)9-7-15/h2-9H,10-13H2,1H3,(H,24,26). The molecule has 0 unspecified atom stereocenters. The summed E-state index contributed by atoms with van der Waals surface area (Å²) in [6.45, 7) is 2.97. The van der Waals surface area contributed by atoms with E-state index in [9.17, 15) is 14.0 Å². The summed E-state index contributed by atoms with van der Waals surface area (Å²) >= 11 is 0. The number of halogens is 1. The number of nitrogens with zero attached hydrogens (tertiary/aromatic N) is 2. The number of hydrogen-bond donors (Lipinski definition) is 1. The maximum absolute atomic E-state index is 13.1.